The molecule has 1 amide bonds. The molecule has 1 aliphatic rings. The van der Waals surface area contributed by atoms with E-state index >= 15 is 0 Å². The third kappa shape index (κ3) is 4.01. The van der Waals surface area contributed by atoms with Gasteiger partial charge in [0, 0.05) is 15.6 Å². The van der Waals surface area contributed by atoms with Gasteiger partial charge in [-0.25, -0.2) is 12.8 Å². The Morgan fingerprint density at radius 2 is 2.08 bits per heavy atom. The quantitative estimate of drug-likeness (QED) is 0.813. The zero-order valence-corrected chi connectivity index (χ0v) is 15.7. The summed E-state index contributed by atoms with van der Waals surface area (Å²) < 4.78 is 46.5. The van der Waals surface area contributed by atoms with Gasteiger partial charge in [-0.05, 0) is 36.8 Å². The summed E-state index contributed by atoms with van der Waals surface area (Å²) in [4.78, 5) is 12.4. The molecule has 1 heterocycles. The van der Waals surface area contributed by atoms with Crippen molar-refractivity contribution >= 4 is 31.9 Å². The lowest BCUT2D eigenvalue weighted by atomic mass is 10.0. The Hall–Kier alpha value is -1.93. The maximum Gasteiger partial charge on any atom is 0.244 e. The molecule has 0 fully saturated rings. The Morgan fingerprint density at radius 1 is 1.32 bits per heavy atom. The number of fused-ring (bicyclic) bond motifs is 1. The molecule has 0 unspecified atom stereocenters. The van der Waals surface area contributed by atoms with E-state index in [1.54, 1.807) is 31.2 Å². The van der Waals surface area contributed by atoms with Crippen LogP contribution in [0, 0.1) is 12.7 Å². The smallest absolute Gasteiger partial charge is 0.244 e. The molecule has 3 rings (SSSR count). The number of sulfonamides is 1. The number of aryl methyl sites for hydroxylation is 1. The molecule has 0 saturated carbocycles. The lowest BCUT2D eigenvalue weighted by Crippen LogP contribution is -2.36. The van der Waals surface area contributed by atoms with Crippen LogP contribution in [0.5, 0.6) is 5.75 Å². The molecule has 0 spiro atoms. The van der Waals surface area contributed by atoms with E-state index in [1.165, 1.54) is 12.1 Å². The number of carbonyl (C=O) groups is 1. The van der Waals surface area contributed by atoms with Crippen LogP contribution in [-0.2, 0) is 20.6 Å². The van der Waals surface area contributed by atoms with Crippen LogP contribution < -0.4 is 9.46 Å². The van der Waals surface area contributed by atoms with E-state index in [0.717, 1.165) is 4.47 Å². The molecule has 1 aliphatic heterocycles. The molecule has 25 heavy (non-hydrogen) atoms. The summed E-state index contributed by atoms with van der Waals surface area (Å²) >= 11 is 3.31. The summed E-state index contributed by atoms with van der Waals surface area (Å²) in [6, 6.07) is 9.48. The second-order valence-corrected chi connectivity index (χ2v) is 8.50. The van der Waals surface area contributed by atoms with E-state index in [1.807, 2.05) is 4.72 Å². The number of carbonyl (C=O) groups excluding carboxylic acids is 1. The van der Waals surface area contributed by atoms with E-state index in [-0.39, 0.29) is 12.2 Å². The van der Waals surface area contributed by atoms with Gasteiger partial charge in [-0.3, -0.25) is 9.52 Å². The zero-order chi connectivity index (χ0) is 18.2. The Morgan fingerprint density at radius 3 is 2.80 bits per heavy atom. The van der Waals surface area contributed by atoms with Gasteiger partial charge in [-0.1, -0.05) is 28.1 Å². The Balaban J connectivity index is 1.76. The summed E-state index contributed by atoms with van der Waals surface area (Å²) in [5, 5.41) is 0. The van der Waals surface area contributed by atoms with Gasteiger partial charge in [0.15, 0.2) is 0 Å². The third-order valence-corrected chi connectivity index (χ3v) is 5.58. The van der Waals surface area contributed by atoms with Gasteiger partial charge in [0.1, 0.15) is 24.1 Å². The minimum atomic E-state index is -4.03. The zero-order valence-electron chi connectivity index (χ0n) is 13.3. The molecule has 0 radical (unpaired) electrons. The van der Waals surface area contributed by atoms with Gasteiger partial charge in [0.25, 0.3) is 0 Å². The predicted molar refractivity (Wildman–Crippen MR) is 94.3 cm³/mol. The van der Waals surface area contributed by atoms with Gasteiger partial charge >= 0.3 is 0 Å². The van der Waals surface area contributed by atoms with Crippen molar-refractivity contribution in [1.82, 2.24) is 4.72 Å². The number of halogens is 2. The minimum Gasteiger partial charge on any atom is -0.492 e. The van der Waals surface area contributed by atoms with E-state index in [2.05, 4.69) is 15.9 Å². The Labute approximate surface area is 153 Å². The first-order valence-electron chi connectivity index (χ1n) is 7.47. The molecule has 0 bridgehead atoms. The lowest BCUT2D eigenvalue weighted by Gasteiger charge is -2.12. The van der Waals surface area contributed by atoms with Crippen molar-refractivity contribution < 1.29 is 22.3 Å². The summed E-state index contributed by atoms with van der Waals surface area (Å²) in [5.41, 5.74) is 1.31. The van der Waals surface area contributed by atoms with Crippen LogP contribution in [-0.4, -0.2) is 20.9 Å². The number of rotatable bonds is 4. The first kappa shape index (κ1) is 17.9. The molecule has 2 aromatic rings. The average Bonchev–Trinajstić information content (AvgIpc) is 2.92. The largest absolute Gasteiger partial charge is 0.492 e. The van der Waals surface area contributed by atoms with Crippen molar-refractivity contribution in [2.45, 2.75) is 18.6 Å². The monoisotopic (exact) mass is 427 g/mol. The second kappa shape index (κ2) is 6.76. The van der Waals surface area contributed by atoms with Crippen LogP contribution in [0.4, 0.5) is 4.39 Å². The Bertz CT molecular complexity index is 946. The van der Waals surface area contributed by atoms with Crippen molar-refractivity contribution in [3.8, 4) is 5.75 Å². The van der Waals surface area contributed by atoms with Crippen molar-refractivity contribution in [2.75, 3.05) is 6.61 Å². The van der Waals surface area contributed by atoms with Gasteiger partial charge in [-0.2, -0.15) is 0 Å². The molecule has 5 nitrogen and oxygen atoms in total. The van der Waals surface area contributed by atoms with E-state index in [9.17, 15) is 17.6 Å². The van der Waals surface area contributed by atoms with Crippen LogP contribution in [0.3, 0.4) is 0 Å². The molecule has 2 aromatic carbocycles. The van der Waals surface area contributed by atoms with Crippen LogP contribution in [0.25, 0.3) is 0 Å². The number of benzene rings is 2. The fourth-order valence-corrected chi connectivity index (χ4v) is 4.18. The third-order valence-electron chi connectivity index (χ3n) is 3.88. The predicted octanol–water partition coefficient (Wildman–Crippen LogP) is 3.02. The highest BCUT2D eigenvalue weighted by atomic mass is 79.9. The van der Waals surface area contributed by atoms with Gasteiger partial charge in [0.05, 0.1) is 5.75 Å². The van der Waals surface area contributed by atoms with Crippen LogP contribution in [0.1, 0.15) is 22.6 Å². The topological polar surface area (TPSA) is 72.5 Å². The summed E-state index contributed by atoms with van der Waals surface area (Å²) in [6.45, 7) is 1.77. The molecular formula is C17H15BrFNO4S. The first-order chi connectivity index (χ1) is 11.7. The van der Waals surface area contributed by atoms with E-state index in [4.69, 9.17) is 4.74 Å². The van der Waals surface area contributed by atoms with Gasteiger partial charge in [-0.15, -0.1) is 0 Å². The molecule has 1 N–H and O–H groups in total. The fourth-order valence-electron chi connectivity index (χ4n) is 2.64. The molecular weight excluding hydrogens is 413 g/mol. The van der Waals surface area contributed by atoms with Crippen molar-refractivity contribution in [1.29, 1.82) is 0 Å². The Kier molecular flexibility index (Phi) is 4.83. The average molecular weight is 428 g/mol. The molecule has 0 saturated heterocycles. The number of nitrogens with one attached hydrogen (secondary N) is 1. The highest BCUT2D eigenvalue weighted by Crippen LogP contribution is 2.36. The summed E-state index contributed by atoms with van der Waals surface area (Å²) in [6.07, 6.45) is 0. The van der Waals surface area contributed by atoms with Gasteiger partial charge in [0.2, 0.25) is 15.9 Å². The molecule has 1 atom stereocenters. The SMILES string of the molecule is Cc1ccc(CS(=O)(=O)NC(=O)[C@H]2COc3ccc(Br)cc32)c(F)c1. The van der Waals surface area contributed by atoms with Crippen LogP contribution in [0.2, 0.25) is 0 Å². The van der Waals surface area contributed by atoms with E-state index in [0.29, 0.717) is 16.9 Å². The van der Waals surface area contributed by atoms with Crippen molar-refractivity contribution in [2.24, 2.45) is 0 Å². The fraction of sp³-hybridized carbons (Fsp3) is 0.235. The number of amides is 1. The molecule has 0 aromatic heterocycles. The normalized spacial score (nSPS) is 16.2. The maximum atomic E-state index is 13.9. The standard InChI is InChI=1S/C17H15BrFNO4S/c1-10-2-3-11(15(19)6-10)9-25(22,23)20-17(21)14-8-24-16-5-4-12(18)7-13(14)16/h2-7,14H,8-9H2,1H3,(H,20,21)/t14-/m0/s1. The van der Waals surface area contributed by atoms with Crippen LogP contribution in [0.15, 0.2) is 40.9 Å². The number of hydrogen-bond donors (Lipinski definition) is 1. The van der Waals surface area contributed by atoms with Gasteiger partial charge < -0.3 is 4.74 Å². The number of hydrogen-bond acceptors (Lipinski definition) is 4. The maximum absolute atomic E-state index is 13.9. The minimum absolute atomic E-state index is 0.0108. The number of ether oxygens (including phenoxy) is 1. The van der Waals surface area contributed by atoms with Crippen molar-refractivity contribution in [3.05, 3.63) is 63.4 Å². The highest BCUT2D eigenvalue weighted by molar-refractivity contribution is 9.10. The van der Waals surface area contributed by atoms with Crippen molar-refractivity contribution in [3.63, 3.8) is 0 Å². The molecule has 0 aliphatic carbocycles. The lowest BCUT2D eigenvalue weighted by molar-refractivity contribution is -0.120. The highest BCUT2D eigenvalue weighted by Gasteiger charge is 2.33. The second-order valence-electron chi connectivity index (χ2n) is 5.87. The summed E-state index contributed by atoms with van der Waals surface area (Å²) in [5.74, 6) is -2.10. The summed E-state index contributed by atoms with van der Waals surface area (Å²) in [7, 11) is -4.03. The van der Waals surface area contributed by atoms with E-state index < -0.39 is 33.4 Å². The van der Waals surface area contributed by atoms with Crippen LogP contribution >= 0.6 is 15.9 Å². The molecule has 8 heteroatoms. The first-order valence-corrected chi connectivity index (χ1v) is 9.91. The molecule has 132 valence electrons.